The molecule has 1 aromatic carbocycles. The third-order valence-electron chi connectivity index (χ3n) is 4.98. The van der Waals surface area contributed by atoms with Gasteiger partial charge in [0.15, 0.2) is 5.11 Å². The van der Waals surface area contributed by atoms with Crippen molar-refractivity contribution in [3.63, 3.8) is 0 Å². The molecule has 26 heavy (non-hydrogen) atoms. The third-order valence-corrected chi connectivity index (χ3v) is 5.27. The molecule has 0 spiro atoms. The number of nitrogens with one attached hydrogen (secondary N) is 3. The van der Waals surface area contributed by atoms with Gasteiger partial charge < -0.3 is 24.7 Å². The van der Waals surface area contributed by atoms with E-state index in [0.717, 1.165) is 18.1 Å². The Morgan fingerprint density at radius 3 is 2.58 bits per heavy atom. The van der Waals surface area contributed by atoms with Crippen LogP contribution in [0, 0.1) is 0 Å². The van der Waals surface area contributed by atoms with Crippen molar-refractivity contribution >= 4 is 17.3 Å². The summed E-state index contributed by atoms with van der Waals surface area (Å²) in [5.74, 6) is 1.77. The number of thiocarbonyl (C=S) groups is 1. The number of likely N-dealkylation sites (tertiary alicyclic amines) is 1. The number of methoxy groups -OCH3 is 1. The lowest BCUT2D eigenvalue weighted by Crippen LogP contribution is -3.13. The molecule has 5 nitrogen and oxygen atoms in total. The minimum atomic E-state index is 0.379. The highest BCUT2D eigenvalue weighted by Gasteiger charge is 2.26. The molecule has 2 heterocycles. The number of ether oxygens (including phenoxy) is 1. The Bertz CT molecular complexity index is 667. The van der Waals surface area contributed by atoms with Gasteiger partial charge in [-0.25, -0.2) is 0 Å². The first-order valence-corrected chi connectivity index (χ1v) is 9.69. The average molecular weight is 375 g/mol. The molecule has 140 valence electrons. The summed E-state index contributed by atoms with van der Waals surface area (Å²) in [7, 11) is 1.70. The van der Waals surface area contributed by atoms with E-state index in [2.05, 4.69) is 22.8 Å². The number of rotatable bonds is 7. The predicted molar refractivity (Wildman–Crippen MR) is 106 cm³/mol. The quantitative estimate of drug-likeness (QED) is 0.648. The van der Waals surface area contributed by atoms with Crippen molar-refractivity contribution in [3.05, 3.63) is 54.0 Å². The van der Waals surface area contributed by atoms with Crippen LogP contribution in [-0.4, -0.2) is 31.9 Å². The van der Waals surface area contributed by atoms with Crippen molar-refractivity contribution in [3.8, 4) is 5.75 Å². The zero-order chi connectivity index (χ0) is 18.2. The van der Waals surface area contributed by atoms with E-state index in [1.165, 1.54) is 37.9 Å². The zero-order valence-corrected chi connectivity index (χ0v) is 16.1. The highest BCUT2D eigenvalue weighted by atomic mass is 32.1. The first-order valence-electron chi connectivity index (χ1n) is 9.29. The molecule has 1 aliphatic heterocycles. The summed E-state index contributed by atoms with van der Waals surface area (Å²) in [5, 5.41) is 7.27. The molecule has 2 aromatic rings. The lowest BCUT2D eigenvalue weighted by molar-refractivity contribution is -0.934. The summed E-state index contributed by atoms with van der Waals surface area (Å²) in [4.78, 5) is 1.63. The molecule has 1 aromatic heterocycles. The van der Waals surface area contributed by atoms with E-state index in [-0.39, 0.29) is 0 Å². The van der Waals surface area contributed by atoms with Crippen LogP contribution in [0.4, 0.5) is 0 Å². The minimum Gasteiger partial charge on any atom is -0.497 e. The fourth-order valence-electron chi connectivity index (χ4n) is 3.53. The van der Waals surface area contributed by atoms with Crippen molar-refractivity contribution in [1.29, 1.82) is 0 Å². The van der Waals surface area contributed by atoms with Gasteiger partial charge in [-0.15, -0.1) is 0 Å². The molecule has 1 atom stereocenters. The van der Waals surface area contributed by atoms with Crippen molar-refractivity contribution in [1.82, 2.24) is 10.6 Å². The topological polar surface area (TPSA) is 50.9 Å². The highest BCUT2D eigenvalue weighted by molar-refractivity contribution is 7.80. The molecule has 0 amide bonds. The van der Waals surface area contributed by atoms with Crippen LogP contribution in [0.2, 0.25) is 0 Å². The van der Waals surface area contributed by atoms with Crippen LogP contribution in [0.1, 0.15) is 36.6 Å². The van der Waals surface area contributed by atoms with Gasteiger partial charge in [0.1, 0.15) is 17.6 Å². The normalized spacial score (nSPS) is 16.0. The molecule has 0 saturated carbocycles. The van der Waals surface area contributed by atoms with Gasteiger partial charge >= 0.3 is 0 Å². The molecule has 0 bridgehead atoms. The second kappa shape index (κ2) is 9.59. The van der Waals surface area contributed by atoms with Crippen LogP contribution in [0.5, 0.6) is 5.75 Å². The van der Waals surface area contributed by atoms with E-state index in [4.69, 9.17) is 21.4 Å². The summed E-state index contributed by atoms with van der Waals surface area (Å²) in [6.45, 7) is 3.84. The van der Waals surface area contributed by atoms with Crippen LogP contribution in [0.3, 0.4) is 0 Å². The van der Waals surface area contributed by atoms with Crippen LogP contribution >= 0.6 is 12.2 Å². The molecular weight excluding hydrogens is 346 g/mol. The van der Waals surface area contributed by atoms with Gasteiger partial charge in [-0.05, 0) is 67.9 Å². The lowest BCUT2D eigenvalue weighted by atomic mass is 10.0. The third kappa shape index (κ3) is 5.22. The van der Waals surface area contributed by atoms with Crippen LogP contribution in [-0.2, 0) is 6.54 Å². The second-order valence-electron chi connectivity index (χ2n) is 6.69. The van der Waals surface area contributed by atoms with E-state index in [1.54, 1.807) is 18.3 Å². The fraction of sp³-hybridized carbons (Fsp3) is 0.450. The molecule has 1 aliphatic rings. The Hall–Kier alpha value is -2.05. The monoisotopic (exact) mass is 374 g/mol. The second-order valence-corrected chi connectivity index (χ2v) is 7.10. The summed E-state index contributed by atoms with van der Waals surface area (Å²) < 4.78 is 10.6. The maximum absolute atomic E-state index is 5.44. The largest absolute Gasteiger partial charge is 0.497 e. The van der Waals surface area contributed by atoms with E-state index < -0.39 is 0 Å². The summed E-state index contributed by atoms with van der Waals surface area (Å²) >= 11 is 5.44. The average Bonchev–Trinajstić information content (AvgIpc) is 3.21. The van der Waals surface area contributed by atoms with Crippen LogP contribution < -0.4 is 20.3 Å². The Kier molecular flexibility index (Phi) is 6.91. The Balaban J connectivity index is 1.59. The van der Waals surface area contributed by atoms with Gasteiger partial charge in [0.2, 0.25) is 0 Å². The number of hydrogen-bond donors (Lipinski definition) is 3. The predicted octanol–water partition coefficient (Wildman–Crippen LogP) is 2.06. The zero-order valence-electron chi connectivity index (χ0n) is 15.3. The van der Waals surface area contributed by atoms with Crippen molar-refractivity contribution in [2.24, 2.45) is 0 Å². The maximum Gasteiger partial charge on any atom is 0.166 e. The molecule has 6 heteroatoms. The molecule has 0 unspecified atom stereocenters. The lowest BCUT2D eigenvalue weighted by Gasteiger charge is -2.32. The van der Waals surface area contributed by atoms with E-state index in [9.17, 15) is 0 Å². The van der Waals surface area contributed by atoms with Crippen molar-refractivity contribution < 1.29 is 14.1 Å². The summed E-state index contributed by atoms with van der Waals surface area (Å²) in [6.07, 6.45) is 5.61. The minimum absolute atomic E-state index is 0.379. The van der Waals surface area contributed by atoms with Gasteiger partial charge in [0.05, 0.1) is 39.6 Å². The number of benzene rings is 1. The number of furan rings is 1. The molecule has 1 saturated heterocycles. The first-order chi connectivity index (χ1) is 12.8. The Labute approximate surface area is 160 Å². The van der Waals surface area contributed by atoms with Crippen LogP contribution in [0.15, 0.2) is 47.1 Å². The SMILES string of the molecule is COc1ccc([C@H](CNC(=S)NCc2ccco2)[NH+]2CCCCC2)cc1. The van der Waals surface area contributed by atoms with Gasteiger partial charge in [0.25, 0.3) is 0 Å². The first kappa shape index (κ1) is 18.7. The van der Waals surface area contributed by atoms with Crippen LogP contribution in [0.25, 0.3) is 0 Å². The molecular formula is C20H28N3O2S+. The smallest absolute Gasteiger partial charge is 0.166 e. The van der Waals surface area contributed by atoms with Crippen molar-refractivity contribution in [2.45, 2.75) is 31.8 Å². The summed E-state index contributed by atoms with van der Waals surface area (Å²) in [6, 6.07) is 12.6. The number of hydrogen-bond acceptors (Lipinski definition) is 3. The van der Waals surface area contributed by atoms with Gasteiger partial charge in [-0.3, -0.25) is 0 Å². The number of piperidine rings is 1. The van der Waals surface area contributed by atoms with Crippen molar-refractivity contribution in [2.75, 3.05) is 26.7 Å². The Morgan fingerprint density at radius 1 is 1.15 bits per heavy atom. The number of quaternary nitrogens is 1. The molecule has 0 aliphatic carbocycles. The molecule has 0 radical (unpaired) electrons. The molecule has 3 N–H and O–H groups in total. The van der Waals surface area contributed by atoms with Gasteiger partial charge in [0, 0.05) is 5.56 Å². The standard InChI is InChI=1S/C20H27N3O2S/c1-24-17-9-7-16(8-10-17)19(23-11-3-2-4-12-23)15-22-20(26)21-14-18-6-5-13-25-18/h5-10,13,19H,2-4,11-12,14-15H2,1H3,(H2,21,22,26)/p+1/t19-/m0/s1. The molecule has 1 fully saturated rings. The maximum atomic E-state index is 5.44. The van der Waals surface area contributed by atoms with E-state index in [1.807, 2.05) is 24.3 Å². The van der Waals surface area contributed by atoms with E-state index >= 15 is 0 Å². The van der Waals surface area contributed by atoms with Gasteiger partial charge in [-0.1, -0.05) is 0 Å². The van der Waals surface area contributed by atoms with E-state index in [0.29, 0.717) is 17.7 Å². The summed E-state index contributed by atoms with van der Waals surface area (Å²) in [5.41, 5.74) is 1.32. The Morgan fingerprint density at radius 2 is 1.92 bits per heavy atom. The highest BCUT2D eigenvalue weighted by Crippen LogP contribution is 2.16. The molecule has 3 rings (SSSR count). The van der Waals surface area contributed by atoms with Gasteiger partial charge in [-0.2, -0.15) is 0 Å². The fourth-order valence-corrected chi connectivity index (χ4v) is 3.68.